The Balaban J connectivity index is 0.00000380. The molecule has 0 radical (unpaired) electrons. The van der Waals surface area contributed by atoms with Gasteiger partial charge in [0.1, 0.15) is 11.6 Å². The molecular formula is C23H21ClF7N5O. The first-order valence-electron chi connectivity index (χ1n) is 10.9. The Morgan fingerprint density at radius 2 is 1.65 bits per heavy atom. The van der Waals surface area contributed by atoms with Crippen LogP contribution in [0.4, 0.5) is 30.7 Å². The molecule has 0 aliphatic carbocycles. The maximum atomic E-state index is 14.0. The lowest BCUT2D eigenvalue weighted by molar-refractivity contribution is -0.148. The van der Waals surface area contributed by atoms with Gasteiger partial charge in [0.15, 0.2) is 17.5 Å². The minimum absolute atomic E-state index is 0. The second-order valence-corrected chi connectivity index (χ2v) is 8.49. The summed E-state index contributed by atoms with van der Waals surface area (Å²) in [7, 11) is 0. The van der Waals surface area contributed by atoms with Gasteiger partial charge in [0, 0.05) is 38.0 Å². The summed E-state index contributed by atoms with van der Waals surface area (Å²) in [5.41, 5.74) is 6.31. The van der Waals surface area contributed by atoms with E-state index in [2.05, 4.69) is 10.2 Å². The first-order chi connectivity index (χ1) is 16.9. The van der Waals surface area contributed by atoms with E-state index in [4.69, 9.17) is 5.73 Å². The quantitative estimate of drug-likeness (QED) is 0.365. The Labute approximate surface area is 212 Å². The van der Waals surface area contributed by atoms with E-state index in [1.165, 1.54) is 29.2 Å². The highest BCUT2D eigenvalue weighted by Gasteiger charge is 2.43. The molecule has 0 fully saturated rings. The van der Waals surface area contributed by atoms with Crippen molar-refractivity contribution < 1.29 is 35.5 Å². The molecule has 3 aromatic rings. The van der Waals surface area contributed by atoms with Gasteiger partial charge in [-0.1, -0.05) is 12.1 Å². The summed E-state index contributed by atoms with van der Waals surface area (Å²) in [5, 5.41) is 6.96. The third kappa shape index (κ3) is 6.21. The van der Waals surface area contributed by atoms with Gasteiger partial charge in [-0.3, -0.25) is 4.79 Å². The molecule has 0 spiro atoms. The van der Waals surface area contributed by atoms with Gasteiger partial charge < -0.3 is 15.2 Å². The van der Waals surface area contributed by atoms with Crippen molar-refractivity contribution >= 4 is 18.3 Å². The zero-order valence-corrected chi connectivity index (χ0v) is 19.8. The summed E-state index contributed by atoms with van der Waals surface area (Å²) >= 11 is 0. The normalized spacial score (nSPS) is 16.2. The van der Waals surface area contributed by atoms with Crippen molar-refractivity contribution in [2.45, 2.75) is 44.1 Å². The van der Waals surface area contributed by atoms with Crippen LogP contribution in [-0.4, -0.2) is 38.2 Å². The fourth-order valence-electron chi connectivity index (χ4n) is 4.25. The highest BCUT2D eigenvalue weighted by Crippen LogP contribution is 2.34. The van der Waals surface area contributed by atoms with E-state index >= 15 is 0 Å². The van der Waals surface area contributed by atoms with Gasteiger partial charge in [0.25, 0.3) is 0 Å². The second kappa shape index (κ2) is 11.1. The predicted octanol–water partition coefficient (Wildman–Crippen LogP) is 4.36. The number of hydrogen-bond donors (Lipinski definition) is 1. The highest BCUT2D eigenvalue weighted by molar-refractivity contribution is 5.85. The van der Waals surface area contributed by atoms with Crippen LogP contribution in [0.1, 0.15) is 35.2 Å². The number of aromatic nitrogens is 3. The van der Waals surface area contributed by atoms with Crippen molar-refractivity contribution in [2.75, 3.05) is 6.54 Å². The largest absolute Gasteiger partial charge is 0.451 e. The van der Waals surface area contributed by atoms with Gasteiger partial charge in [0.05, 0.1) is 6.04 Å². The zero-order valence-electron chi connectivity index (χ0n) is 19.0. The van der Waals surface area contributed by atoms with Crippen LogP contribution in [0.2, 0.25) is 0 Å². The number of alkyl halides is 3. The summed E-state index contributed by atoms with van der Waals surface area (Å²) < 4.78 is 95.1. The van der Waals surface area contributed by atoms with E-state index < -0.39 is 53.3 Å². The number of carbonyl (C=O) groups excluding carboxylic acids is 1. The molecule has 2 heterocycles. The number of rotatable bonds is 6. The van der Waals surface area contributed by atoms with Crippen molar-refractivity contribution in [3.8, 4) is 0 Å². The molecule has 6 nitrogen and oxygen atoms in total. The fourth-order valence-corrected chi connectivity index (χ4v) is 4.25. The van der Waals surface area contributed by atoms with E-state index in [9.17, 15) is 35.5 Å². The number of carbonyl (C=O) groups is 1. The lowest BCUT2D eigenvalue weighted by Crippen LogP contribution is -2.45. The Morgan fingerprint density at radius 1 is 1.00 bits per heavy atom. The van der Waals surface area contributed by atoms with Gasteiger partial charge in [-0.25, -0.2) is 17.6 Å². The minimum Gasteiger partial charge on any atom is -0.330 e. The van der Waals surface area contributed by atoms with Gasteiger partial charge in [-0.05, 0) is 35.7 Å². The minimum atomic E-state index is -4.76. The number of fused-ring (bicyclic) bond motifs is 1. The lowest BCUT2D eigenvalue weighted by atomic mass is 9.99. The third-order valence-corrected chi connectivity index (χ3v) is 5.94. The second-order valence-electron chi connectivity index (χ2n) is 8.49. The van der Waals surface area contributed by atoms with Gasteiger partial charge in [-0.15, -0.1) is 22.6 Å². The molecule has 0 saturated carbocycles. The molecule has 0 unspecified atom stereocenters. The standard InChI is InChI=1S/C23H20F7N5O.ClH/c24-14-3-1-12(2-4-14)7-19-21-32-33-22(23(28,29)30)35(21)6-5-34(19)20(36)10-15(31)8-13-9-17(26)18(27)11-16(13)25;/h1-4,9,11,15,19H,5-8,10,31H2;1H/t15-,19-;/m1./s1. The molecule has 14 heteroatoms. The smallest absolute Gasteiger partial charge is 0.330 e. The van der Waals surface area contributed by atoms with Crippen molar-refractivity contribution in [3.05, 3.63) is 82.4 Å². The zero-order chi connectivity index (χ0) is 26.2. The molecule has 4 rings (SSSR count). The van der Waals surface area contributed by atoms with E-state index in [0.717, 1.165) is 4.57 Å². The van der Waals surface area contributed by atoms with Crippen molar-refractivity contribution in [3.63, 3.8) is 0 Å². The maximum Gasteiger partial charge on any atom is 0.451 e. The molecule has 0 bridgehead atoms. The van der Waals surface area contributed by atoms with Gasteiger partial charge >= 0.3 is 6.18 Å². The van der Waals surface area contributed by atoms with Crippen LogP contribution >= 0.6 is 12.4 Å². The predicted molar refractivity (Wildman–Crippen MR) is 119 cm³/mol. The van der Waals surface area contributed by atoms with Crippen molar-refractivity contribution in [1.82, 2.24) is 19.7 Å². The average molecular weight is 552 g/mol. The van der Waals surface area contributed by atoms with E-state index in [1.807, 2.05) is 0 Å². The monoisotopic (exact) mass is 551 g/mol. The summed E-state index contributed by atoms with van der Waals surface area (Å²) in [6.07, 6.45) is -5.36. The molecule has 200 valence electrons. The number of halogens is 8. The number of nitrogens with two attached hydrogens (primary N) is 1. The summed E-state index contributed by atoms with van der Waals surface area (Å²) in [6.45, 7) is -0.346. The number of amides is 1. The molecule has 1 amide bonds. The van der Waals surface area contributed by atoms with Crippen molar-refractivity contribution in [2.24, 2.45) is 5.73 Å². The summed E-state index contributed by atoms with van der Waals surface area (Å²) in [6, 6.07) is 4.33. The highest BCUT2D eigenvalue weighted by atomic mass is 35.5. The van der Waals surface area contributed by atoms with Crippen LogP contribution in [0.25, 0.3) is 0 Å². The van der Waals surface area contributed by atoms with Crippen LogP contribution in [0.3, 0.4) is 0 Å². The molecule has 2 atom stereocenters. The van der Waals surface area contributed by atoms with E-state index in [-0.39, 0.29) is 56.1 Å². The maximum absolute atomic E-state index is 14.0. The molecule has 2 aromatic carbocycles. The first kappa shape index (κ1) is 28.4. The van der Waals surface area contributed by atoms with Gasteiger partial charge in [0.2, 0.25) is 11.7 Å². The van der Waals surface area contributed by atoms with Crippen LogP contribution in [0.15, 0.2) is 36.4 Å². The number of benzene rings is 2. The van der Waals surface area contributed by atoms with Gasteiger partial charge in [-0.2, -0.15) is 13.2 Å². The number of hydrogen-bond acceptors (Lipinski definition) is 4. The third-order valence-electron chi connectivity index (χ3n) is 5.94. The van der Waals surface area contributed by atoms with E-state index in [0.29, 0.717) is 17.7 Å². The Morgan fingerprint density at radius 3 is 2.30 bits per heavy atom. The molecule has 1 aliphatic rings. The molecule has 0 saturated heterocycles. The topological polar surface area (TPSA) is 77.0 Å². The Hall–Kier alpha value is -3.19. The number of nitrogens with zero attached hydrogens (tertiary/aromatic N) is 4. The summed E-state index contributed by atoms with van der Waals surface area (Å²) in [4.78, 5) is 14.5. The molecule has 1 aliphatic heterocycles. The van der Waals surface area contributed by atoms with Crippen LogP contribution in [-0.2, 0) is 30.4 Å². The van der Waals surface area contributed by atoms with Crippen LogP contribution in [0, 0.1) is 23.3 Å². The molecular weight excluding hydrogens is 531 g/mol. The van der Waals surface area contributed by atoms with Crippen LogP contribution < -0.4 is 5.73 Å². The Bertz CT molecular complexity index is 1270. The average Bonchev–Trinajstić information content (AvgIpc) is 3.24. The molecule has 2 N–H and O–H groups in total. The fraction of sp³-hybridized carbons (Fsp3) is 0.348. The summed E-state index contributed by atoms with van der Waals surface area (Å²) in [5.74, 6) is -5.99. The first-order valence-corrected chi connectivity index (χ1v) is 10.9. The molecule has 37 heavy (non-hydrogen) atoms. The molecule has 1 aromatic heterocycles. The van der Waals surface area contributed by atoms with Crippen LogP contribution in [0.5, 0.6) is 0 Å². The SMILES string of the molecule is Cl.N[C@@H](CC(=O)N1CCn2c(nnc2C(F)(F)F)[C@H]1Cc1ccc(F)cc1)Cc1cc(F)c(F)cc1F. The Kier molecular flexibility index (Phi) is 8.48. The lowest BCUT2D eigenvalue weighted by Gasteiger charge is -2.36. The van der Waals surface area contributed by atoms with Crippen molar-refractivity contribution in [1.29, 1.82) is 0 Å². The van der Waals surface area contributed by atoms with E-state index in [1.54, 1.807) is 0 Å².